The minimum atomic E-state index is 0.162. The van der Waals surface area contributed by atoms with E-state index in [1.165, 1.54) is 0 Å². The molecule has 0 spiro atoms. The number of aromatic amines is 1. The highest BCUT2D eigenvalue weighted by Crippen LogP contribution is 2.32. The molecule has 1 atom stereocenters. The van der Waals surface area contributed by atoms with Crippen LogP contribution < -0.4 is 10.1 Å². The van der Waals surface area contributed by atoms with Gasteiger partial charge in [-0.25, -0.2) is 4.98 Å². The highest BCUT2D eigenvalue weighted by molar-refractivity contribution is 5.85. The third kappa shape index (κ3) is 2.28. The van der Waals surface area contributed by atoms with Crippen molar-refractivity contribution in [1.29, 1.82) is 0 Å². The van der Waals surface area contributed by atoms with Gasteiger partial charge in [0, 0.05) is 12.2 Å². The van der Waals surface area contributed by atoms with Gasteiger partial charge in [-0.05, 0) is 19.1 Å². The summed E-state index contributed by atoms with van der Waals surface area (Å²) in [5.74, 6) is 1.60. The van der Waals surface area contributed by atoms with Crippen molar-refractivity contribution in [2.75, 3.05) is 7.11 Å². The standard InChI is InChI=1S/C15H17N3O2/c1-10(12-7-16-9-18-12)17-8-14-15(19-2)11-5-3-4-6-13(11)20-14/h3-7,9-10,17H,8H2,1-2H3,(H,16,18). The van der Waals surface area contributed by atoms with Crippen LogP contribution in [0.2, 0.25) is 0 Å². The van der Waals surface area contributed by atoms with E-state index in [2.05, 4.69) is 22.2 Å². The van der Waals surface area contributed by atoms with Gasteiger partial charge >= 0.3 is 0 Å². The average Bonchev–Trinajstić information content (AvgIpc) is 3.11. The number of methoxy groups -OCH3 is 1. The monoisotopic (exact) mass is 271 g/mol. The first-order chi connectivity index (χ1) is 9.79. The summed E-state index contributed by atoms with van der Waals surface area (Å²) in [5.41, 5.74) is 1.88. The maximum atomic E-state index is 5.84. The second kappa shape index (κ2) is 5.38. The fourth-order valence-electron chi connectivity index (χ4n) is 2.27. The molecule has 0 bridgehead atoms. The molecular weight excluding hydrogens is 254 g/mol. The minimum absolute atomic E-state index is 0.162. The van der Waals surface area contributed by atoms with E-state index in [-0.39, 0.29) is 6.04 Å². The van der Waals surface area contributed by atoms with Crippen molar-refractivity contribution in [2.24, 2.45) is 0 Å². The van der Waals surface area contributed by atoms with Crippen LogP contribution in [0.1, 0.15) is 24.4 Å². The second-order valence-electron chi connectivity index (χ2n) is 4.66. The van der Waals surface area contributed by atoms with E-state index in [0.717, 1.165) is 28.2 Å². The van der Waals surface area contributed by atoms with E-state index >= 15 is 0 Å². The Kier molecular flexibility index (Phi) is 3.43. The number of hydrogen-bond donors (Lipinski definition) is 2. The summed E-state index contributed by atoms with van der Waals surface area (Å²) in [6.45, 7) is 2.67. The van der Waals surface area contributed by atoms with E-state index in [1.54, 1.807) is 13.4 Å². The molecule has 0 aliphatic carbocycles. The fourth-order valence-corrected chi connectivity index (χ4v) is 2.27. The molecule has 104 valence electrons. The molecule has 0 aliphatic rings. The van der Waals surface area contributed by atoms with Crippen LogP contribution in [0.3, 0.4) is 0 Å². The molecule has 0 saturated carbocycles. The maximum Gasteiger partial charge on any atom is 0.169 e. The number of aromatic nitrogens is 2. The van der Waals surface area contributed by atoms with Crippen molar-refractivity contribution >= 4 is 11.0 Å². The first-order valence-electron chi connectivity index (χ1n) is 6.55. The van der Waals surface area contributed by atoms with E-state index in [9.17, 15) is 0 Å². The van der Waals surface area contributed by atoms with Crippen LogP contribution in [-0.4, -0.2) is 17.1 Å². The predicted molar refractivity (Wildman–Crippen MR) is 76.6 cm³/mol. The van der Waals surface area contributed by atoms with Crippen LogP contribution in [-0.2, 0) is 6.54 Å². The van der Waals surface area contributed by atoms with Gasteiger partial charge in [-0.15, -0.1) is 0 Å². The third-order valence-electron chi connectivity index (χ3n) is 3.38. The molecule has 1 unspecified atom stereocenters. The predicted octanol–water partition coefficient (Wildman–Crippen LogP) is 3.02. The van der Waals surface area contributed by atoms with Crippen LogP contribution >= 0.6 is 0 Å². The van der Waals surface area contributed by atoms with Crippen LogP contribution in [0.15, 0.2) is 41.2 Å². The van der Waals surface area contributed by atoms with Gasteiger partial charge in [0.15, 0.2) is 11.5 Å². The Balaban J connectivity index is 1.80. The molecule has 1 aromatic carbocycles. The number of H-pyrrole nitrogens is 1. The Bertz CT molecular complexity index is 688. The highest BCUT2D eigenvalue weighted by Gasteiger charge is 2.15. The smallest absolute Gasteiger partial charge is 0.169 e. The lowest BCUT2D eigenvalue weighted by Crippen LogP contribution is -2.18. The molecule has 2 heterocycles. The van der Waals surface area contributed by atoms with Crippen LogP contribution in [0, 0.1) is 0 Å². The van der Waals surface area contributed by atoms with Crippen molar-refractivity contribution in [1.82, 2.24) is 15.3 Å². The second-order valence-corrected chi connectivity index (χ2v) is 4.66. The number of furan rings is 1. The minimum Gasteiger partial charge on any atom is -0.492 e. The molecule has 3 rings (SSSR count). The summed E-state index contributed by atoms with van der Waals surface area (Å²) in [5, 5.41) is 4.39. The van der Waals surface area contributed by atoms with Gasteiger partial charge in [-0.3, -0.25) is 0 Å². The first kappa shape index (κ1) is 12.7. The lowest BCUT2D eigenvalue weighted by Gasteiger charge is -2.11. The summed E-state index contributed by atoms with van der Waals surface area (Å²) in [7, 11) is 1.67. The topological polar surface area (TPSA) is 63.1 Å². The zero-order chi connectivity index (χ0) is 13.9. The summed E-state index contributed by atoms with van der Waals surface area (Å²) >= 11 is 0. The molecular formula is C15H17N3O2. The molecule has 0 fully saturated rings. The number of rotatable bonds is 5. The SMILES string of the molecule is COc1c(CNC(C)c2cnc[nH]2)oc2ccccc12. The summed E-state index contributed by atoms with van der Waals surface area (Å²) < 4.78 is 11.3. The Hall–Kier alpha value is -2.27. The number of imidazole rings is 1. The first-order valence-corrected chi connectivity index (χ1v) is 6.55. The van der Waals surface area contributed by atoms with Gasteiger partial charge in [0.2, 0.25) is 0 Å². The van der Waals surface area contributed by atoms with Crippen molar-refractivity contribution in [3.05, 3.63) is 48.2 Å². The molecule has 0 radical (unpaired) electrons. The normalized spacial score (nSPS) is 12.7. The van der Waals surface area contributed by atoms with Crippen LogP contribution in [0.4, 0.5) is 0 Å². The average molecular weight is 271 g/mol. The number of ether oxygens (including phenoxy) is 1. The van der Waals surface area contributed by atoms with Crippen molar-refractivity contribution in [3.63, 3.8) is 0 Å². The quantitative estimate of drug-likeness (QED) is 0.748. The Morgan fingerprint density at radius 3 is 3.00 bits per heavy atom. The molecule has 2 aromatic heterocycles. The molecule has 20 heavy (non-hydrogen) atoms. The zero-order valence-electron chi connectivity index (χ0n) is 11.5. The van der Waals surface area contributed by atoms with Crippen LogP contribution in [0.5, 0.6) is 5.75 Å². The fraction of sp³-hybridized carbons (Fsp3) is 0.267. The van der Waals surface area contributed by atoms with Gasteiger partial charge < -0.3 is 19.5 Å². The largest absolute Gasteiger partial charge is 0.492 e. The van der Waals surface area contributed by atoms with Crippen molar-refractivity contribution in [3.8, 4) is 5.75 Å². The van der Waals surface area contributed by atoms with Gasteiger partial charge in [-0.1, -0.05) is 12.1 Å². The number of hydrogen-bond acceptors (Lipinski definition) is 4. The Labute approximate surface area is 117 Å². The number of benzene rings is 1. The maximum absolute atomic E-state index is 5.84. The van der Waals surface area contributed by atoms with Gasteiger partial charge in [0.25, 0.3) is 0 Å². The molecule has 5 heteroatoms. The van der Waals surface area contributed by atoms with Gasteiger partial charge in [0.1, 0.15) is 5.58 Å². The Morgan fingerprint density at radius 1 is 1.40 bits per heavy atom. The number of nitrogens with zero attached hydrogens (tertiary/aromatic N) is 1. The molecule has 2 N–H and O–H groups in total. The van der Waals surface area contributed by atoms with E-state index < -0.39 is 0 Å². The van der Waals surface area contributed by atoms with Crippen LogP contribution in [0.25, 0.3) is 11.0 Å². The van der Waals surface area contributed by atoms with E-state index in [1.807, 2.05) is 30.5 Å². The summed E-state index contributed by atoms with van der Waals surface area (Å²) in [6.07, 6.45) is 3.49. The van der Waals surface area contributed by atoms with Crippen molar-refractivity contribution in [2.45, 2.75) is 19.5 Å². The van der Waals surface area contributed by atoms with Crippen molar-refractivity contribution < 1.29 is 9.15 Å². The lowest BCUT2D eigenvalue weighted by molar-refractivity contribution is 0.385. The molecule has 5 nitrogen and oxygen atoms in total. The number of nitrogens with one attached hydrogen (secondary N) is 2. The Morgan fingerprint density at radius 2 is 2.25 bits per heavy atom. The number of para-hydroxylation sites is 1. The molecule has 3 aromatic rings. The molecule has 0 amide bonds. The zero-order valence-corrected chi connectivity index (χ0v) is 11.5. The van der Waals surface area contributed by atoms with Gasteiger partial charge in [0.05, 0.1) is 31.1 Å². The van der Waals surface area contributed by atoms with Gasteiger partial charge in [-0.2, -0.15) is 0 Å². The summed E-state index contributed by atoms with van der Waals surface area (Å²) in [6, 6.07) is 8.04. The third-order valence-corrected chi connectivity index (χ3v) is 3.38. The number of fused-ring (bicyclic) bond motifs is 1. The van der Waals surface area contributed by atoms with E-state index in [0.29, 0.717) is 6.54 Å². The van der Waals surface area contributed by atoms with E-state index in [4.69, 9.17) is 9.15 Å². The summed E-state index contributed by atoms with van der Waals surface area (Å²) in [4.78, 5) is 7.12. The highest BCUT2D eigenvalue weighted by atomic mass is 16.5. The lowest BCUT2D eigenvalue weighted by atomic mass is 10.2. The molecule has 0 aliphatic heterocycles. The molecule has 0 saturated heterocycles.